The molecule has 0 bridgehead atoms. The third kappa shape index (κ3) is 2.13. The molecule has 0 aliphatic rings. The lowest BCUT2D eigenvalue weighted by atomic mass is 10.4. The highest BCUT2D eigenvalue weighted by Crippen LogP contribution is 2.17. The molecule has 0 amide bonds. The molecule has 0 fully saturated rings. The van der Waals surface area contributed by atoms with Crippen LogP contribution in [0.3, 0.4) is 0 Å². The second-order valence-electron chi connectivity index (χ2n) is 4.30. The molecule has 0 aliphatic carbocycles. The van der Waals surface area contributed by atoms with Crippen molar-refractivity contribution in [2.24, 2.45) is 0 Å². The van der Waals surface area contributed by atoms with E-state index in [-0.39, 0.29) is 0 Å². The van der Waals surface area contributed by atoms with E-state index < -0.39 is 6.35 Å². The number of aromatic nitrogens is 4. The number of carbonyl (C=O) groups is 1. The van der Waals surface area contributed by atoms with Crippen LogP contribution in [0.4, 0.5) is 0 Å². The summed E-state index contributed by atoms with van der Waals surface area (Å²) in [5.41, 5.74) is 3.56. The number of rotatable bonds is 4. The summed E-state index contributed by atoms with van der Waals surface area (Å²) in [5.74, 6) is 0. The average molecular weight is 248 g/mol. The maximum Gasteiger partial charge on any atom is 0.296 e. The molecule has 2 heterocycles. The lowest BCUT2D eigenvalue weighted by Gasteiger charge is -2.18. The molecule has 0 unspecified atom stereocenters. The van der Waals surface area contributed by atoms with Crippen LogP contribution < -0.4 is 0 Å². The zero-order valence-corrected chi connectivity index (χ0v) is 10.9. The Morgan fingerprint density at radius 3 is 1.78 bits per heavy atom. The summed E-state index contributed by atoms with van der Waals surface area (Å²) in [4.78, 5) is 10.7. The minimum atomic E-state index is -0.676. The predicted octanol–water partition coefficient (Wildman–Crippen LogP) is 1.49. The van der Waals surface area contributed by atoms with Crippen LogP contribution in [0.1, 0.15) is 29.1 Å². The maximum absolute atomic E-state index is 10.7. The Bertz CT molecular complexity index is 524. The lowest BCUT2D eigenvalue weighted by molar-refractivity contribution is -0.142. The van der Waals surface area contributed by atoms with Crippen LogP contribution in [0.25, 0.3) is 0 Å². The van der Waals surface area contributed by atoms with Gasteiger partial charge in [0.1, 0.15) is 0 Å². The highest BCUT2D eigenvalue weighted by molar-refractivity contribution is 5.37. The van der Waals surface area contributed by atoms with Crippen LogP contribution in [0.5, 0.6) is 0 Å². The van der Waals surface area contributed by atoms with E-state index in [1.54, 1.807) is 9.36 Å². The van der Waals surface area contributed by atoms with E-state index in [1.165, 1.54) is 0 Å². The Balaban J connectivity index is 2.49. The third-order valence-corrected chi connectivity index (χ3v) is 2.68. The molecule has 0 saturated heterocycles. The molecule has 0 saturated carbocycles. The fraction of sp³-hybridized carbons (Fsp3) is 0.417. The van der Waals surface area contributed by atoms with Gasteiger partial charge in [0.15, 0.2) is 0 Å². The van der Waals surface area contributed by atoms with Gasteiger partial charge < -0.3 is 4.74 Å². The minimum absolute atomic E-state index is 0.414. The first-order chi connectivity index (χ1) is 8.52. The largest absolute Gasteiger partial charge is 0.421 e. The number of nitrogens with zero attached hydrogens (tertiary/aromatic N) is 4. The summed E-state index contributed by atoms with van der Waals surface area (Å²) in [6.07, 6.45) is -0.676. The van der Waals surface area contributed by atoms with Gasteiger partial charge in [0.2, 0.25) is 0 Å². The summed E-state index contributed by atoms with van der Waals surface area (Å²) in [6.45, 7) is 8.02. The van der Waals surface area contributed by atoms with Gasteiger partial charge in [-0.1, -0.05) is 0 Å². The molecule has 6 heteroatoms. The number of ether oxygens (including phenoxy) is 1. The zero-order chi connectivity index (χ0) is 13.3. The molecule has 2 rings (SSSR count). The fourth-order valence-electron chi connectivity index (χ4n) is 2.01. The number of hydrogen-bond donors (Lipinski definition) is 0. The highest BCUT2D eigenvalue weighted by atomic mass is 16.6. The van der Waals surface area contributed by atoms with Crippen molar-refractivity contribution >= 4 is 6.47 Å². The monoisotopic (exact) mass is 248 g/mol. The van der Waals surface area contributed by atoms with E-state index in [1.807, 2.05) is 39.8 Å². The summed E-state index contributed by atoms with van der Waals surface area (Å²) >= 11 is 0. The van der Waals surface area contributed by atoms with Gasteiger partial charge in [-0.05, 0) is 39.8 Å². The molecule has 0 atom stereocenters. The van der Waals surface area contributed by atoms with Crippen LogP contribution in [0.15, 0.2) is 12.1 Å². The van der Waals surface area contributed by atoms with Crippen LogP contribution >= 0.6 is 0 Å². The molecule has 2 aromatic rings. The fourth-order valence-corrected chi connectivity index (χ4v) is 2.01. The summed E-state index contributed by atoms with van der Waals surface area (Å²) in [7, 11) is 0. The summed E-state index contributed by atoms with van der Waals surface area (Å²) in [5, 5.41) is 8.66. The smallest absolute Gasteiger partial charge is 0.296 e. The summed E-state index contributed by atoms with van der Waals surface area (Å²) in [6, 6.07) is 3.85. The zero-order valence-electron chi connectivity index (χ0n) is 10.9. The van der Waals surface area contributed by atoms with Crippen molar-refractivity contribution in [1.29, 1.82) is 0 Å². The van der Waals surface area contributed by atoms with Gasteiger partial charge in [-0.15, -0.1) is 0 Å². The third-order valence-electron chi connectivity index (χ3n) is 2.68. The van der Waals surface area contributed by atoms with Gasteiger partial charge in [0.25, 0.3) is 12.8 Å². The topological polar surface area (TPSA) is 61.9 Å². The standard InChI is InChI=1S/C12H16N4O2/c1-8-5-10(3)15(13-8)12(18-7-17)16-11(4)6-9(2)14-16/h5-7,12H,1-4H3. The van der Waals surface area contributed by atoms with Crippen molar-refractivity contribution in [2.45, 2.75) is 34.0 Å². The first kappa shape index (κ1) is 12.3. The molecule has 0 aliphatic heterocycles. The molecule has 0 N–H and O–H groups in total. The van der Waals surface area contributed by atoms with Gasteiger partial charge >= 0.3 is 0 Å². The van der Waals surface area contributed by atoms with Crippen molar-refractivity contribution < 1.29 is 9.53 Å². The van der Waals surface area contributed by atoms with Gasteiger partial charge in [-0.25, -0.2) is 9.36 Å². The van der Waals surface area contributed by atoms with E-state index in [4.69, 9.17) is 4.74 Å². The van der Waals surface area contributed by atoms with Gasteiger partial charge in [0, 0.05) is 11.4 Å². The second-order valence-corrected chi connectivity index (χ2v) is 4.30. The van der Waals surface area contributed by atoms with Crippen LogP contribution in [-0.4, -0.2) is 26.0 Å². The molecular formula is C12H16N4O2. The molecular weight excluding hydrogens is 232 g/mol. The molecule has 0 spiro atoms. The van der Waals surface area contributed by atoms with Gasteiger partial charge in [-0.3, -0.25) is 4.79 Å². The van der Waals surface area contributed by atoms with Crippen molar-refractivity contribution in [2.75, 3.05) is 0 Å². The Morgan fingerprint density at radius 1 is 1.06 bits per heavy atom. The van der Waals surface area contributed by atoms with E-state index >= 15 is 0 Å². The number of hydrogen-bond acceptors (Lipinski definition) is 4. The van der Waals surface area contributed by atoms with Crippen molar-refractivity contribution in [3.05, 3.63) is 34.9 Å². The van der Waals surface area contributed by atoms with Crippen molar-refractivity contribution in [1.82, 2.24) is 19.6 Å². The van der Waals surface area contributed by atoms with Crippen LogP contribution in [0, 0.1) is 27.7 Å². The Labute approximate surface area is 105 Å². The Hall–Kier alpha value is -2.11. The van der Waals surface area contributed by atoms with Crippen LogP contribution in [-0.2, 0) is 9.53 Å². The minimum Gasteiger partial charge on any atom is -0.421 e. The van der Waals surface area contributed by atoms with Gasteiger partial charge in [0.05, 0.1) is 11.4 Å². The summed E-state index contributed by atoms with van der Waals surface area (Å²) < 4.78 is 8.41. The molecule has 0 radical (unpaired) electrons. The van der Waals surface area contributed by atoms with E-state index in [2.05, 4.69) is 10.2 Å². The maximum atomic E-state index is 10.7. The molecule has 96 valence electrons. The van der Waals surface area contributed by atoms with E-state index in [0.29, 0.717) is 6.47 Å². The molecule has 6 nitrogen and oxygen atoms in total. The second kappa shape index (κ2) is 4.64. The number of aryl methyl sites for hydroxylation is 4. The SMILES string of the molecule is Cc1cc(C)n(C(OC=O)n2nc(C)cc2C)n1. The first-order valence-corrected chi connectivity index (χ1v) is 5.67. The molecule has 2 aromatic heterocycles. The average Bonchev–Trinajstić information content (AvgIpc) is 2.78. The highest BCUT2D eigenvalue weighted by Gasteiger charge is 2.20. The van der Waals surface area contributed by atoms with Crippen LogP contribution in [0.2, 0.25) is 0 Å². The normalized spacial score (nSPS) is 10.9. The lowest BCUT2D eigenvalue weighted by Crippen LogP contribution is -2.25. The Morgan fingerprint density at radius 2 is 1.50 bits per heavy atom. The molecule has 0 aromatic carbocycles. The van der Waals surface area contributed by atoms with E-state index in [9.17, 15) is 4.79 Å². The van der Waals surface area contributed by atoms with Gasteiger partial charge in [-0.2, -0.15) is 10.2 Å². The first-order valence-electron chi connectivity index (χ1n) is 5.67. The quantitative estimate of drug-likeness (QED) is 0.769. The Kier molecular flexibility index (Phi) is 3.18. The number of carbonyl (C=O) groups excluding carboxylic acids is 1. The van der Waals surface area contributed by atoms with E-state index in [0.717, 1.165) is 22.8 Å². The molecule has 18 heavy (non-hydrogen) atoms. The predicted molar refractivity (Wildman–Crippen MR) is 65.0 cm³/mol. The van der Waals surface area contributed by atoms with Crippen molar-refractivity contribution in [3.8, 4) is 0 Å². The van der Waals surface area contributed by atoms with Crippen molar-refractivity contribution in [3.63, 3.8) is 0 Å².